The number of hydrogen-bond donors (Lipinski definition) is 1. The van der Waals surface area contributed by atoms with E-state index in [1.165, 1.54) is 29.5 Å². The van der Waals surface area contributed by atoms with Crippen LogP contribution in [-0.2, 0) is 6.54 Å². The lowest BCUT2D eigenvalue weighted by Crippen LogP contribution is -2.39. The largest absolute Gasteiger partial charge is 0.349 e. The molecule has 1 heterocycles. The van der Waals surface area contributed by atoms with Crippen LogP contribution in [0.1, 0.15) is 60.0 Å². The molecule has 1 fully saturated rings. The van der Waals surface area contributed by atoms with E-state index in [0.29, 0.717) is 10.0 Å². The van der Waals surface area contributed by atoms with E-state index in [0.717, 1.165) is 31.2 Å². The predicted molar refractivity (Wildman–Crippen MR) is 108 cm³/mol. The van der Waals surface area contributed by atoms with E-state index in [-0.39, 0.29) is 35.4 Å². The first-order chi connectivity index (χ1) is 13.0. The number of nitrogens with one attached hydrogen (secondary N) is 1. The second-order valence-electron chi connectivity index (χ2n) is 7.20. The Kier molecular flexibility index (Phi) is 6.47. The van der Waals surface area contributed by atoms with E-state index in [1.807, 2.05) is 0 Å². The molecule has 0 radical (unpaired) electrons. The Morgan fingerprint density at radius 2 is 1.81 bits per heavy atom. The Labute approximate surface area is 166 Å². The van der Waals surface area contributed by atoms with Crippen LogP contribution in [0.4, 0.5) is 4.39 Å². The third-order valence-electron chi connectivity index (χ3n) is 5.16. The van der Waals surface area contributed by atoms with Crippen molar-refractivity contribution >= 4 is 21.8 Å². The third-order valence-corrected chi connectivity index (χ3v) is 5.96. The van der Waals surface area contributed by atoms with Crippen LogP contribution in [0.3, 0.4) is 0 Å². The molecule has 0 atom stereocenters. The second kappa shape index (κ2) is 8.83. The monoisotopic (exact) mass is 434 g/mol. The van der Waals surface area contributed by atoms with Crippen molar-refractivity contribution in [2.45, 2.75) is 58.0 Å². The number of benzene rings is 1. The Morgan fingerprint density at radius 3 is 2.44 bits per heavy atom. The molecule has 0 saturated heterocycles. The van der Waals surface area contributed by atoms with Gasteiger partial charge in [-0.2, -0.15) is 0 Å². The van der Waals surface area contributed by atoms with Gasteiger partial charge in [-0.1, -0.05) is 37.8 Å². The number of carbonyl (C=O) groups excluding carboxylic acids is 1. The van der Waals surface area contributed by atoms with Crippen LogP contribution in [0.15, 0.2) is 39.7 Å². The van der Waals surface area contributed by atoms with Gasteiger partial charge >= 0.3 is 0 Å². The summed E-state index contributed by atoms with van der Waals surface area (Å²) in [5.74, 6) is -0.627. The zero-order valence-corrected chi connectivity index (χ0v) is 17.0. The van der Waals surface area contributed by atoms with Gasteiger partial charge < -0.3 is 9.88 Å². The van der Waals surface area contributed by atoms with Crippen LogP contribution in [0.2, 0.25) is 0 Å². The third kappa shape index (κ3) is 4.86. The highest BCUT2D eigenvalue weighted by molar-refractivity contribution is 9.10. The van der Waals surface area contributed by atoms with E-state index >= 15 is 0 Å². The molecular weight excluding hydrogens is 411 g/mol. The molecule has 1 aromatic carbocycles. The summed E-state index contributed by atoms with van der Waals surface area (Å²) in [7, 11) is 0. The van der Waals surface area contributed by atoms with Gasteiger partial charge in [-0.25, -0.2) is 4.39 Å². The van der Waals surface area contributed by atoms with Crippen molar-refractivity contribution in [2.24, 2.45) is 0 Å². The minimum Gasteiger partial charge on any atom is -0.349 e. The summed E-state index contributed by atoms with van der Waals surface area (Å²) in [6.45, 7) is 2.05. The lowest BCUT2D eigenvalue weighted by molar-refractivity contribution is 0.0930. The molecule has 0 aliphatic heterocycles. The fourth-order valence-corrected chi connectivity index (χ4v) is 4.01. The molecular formula is C21H24BrFN2O2. The highest BCUT2D eigenvalue weighted by Crippen LogP contribution is 2.20. The number of hydrogen-bond acceptors (Lipinski definition) is 2. The fraction of sp³-hybridized carbons (Fsp3) is 0.429. The summed E-state index contributed by atoms with van der Waals surface area (Å²) in [5.41, 5.74) is 1.28. The van der Waals surface area contributed by atoms with E-state index in [4.69, 9.17) is 0 Å². The van der Waals surface area contributed by atoms with Crippen molar-refractivity contribution in [1.82, 2.24) is 9.88 Å². The molecule has 0 unspecified atom stereocenters. The molecule has 0 spiro atoms. The number of amides is 1. The normalized spacial score (nSPS) is 15.4. The van der Waals surface area contributed by atoms with Gasteiger partial charge in [0.25, 0.3) is 11.5 Å². The first-order valence-corrected chi connectivity index (χ1v) is 10.2. The molecule has 27 heavy (non-hydrogen) atoms. The highest BCUT2D eigenvalue weighted by atomic mass is 79.9. The van der Waals surface area contributed by atoms with Crippen LogP contribution >= 0.6 is 15.9 Å². The Morgan fingerprint density at radius 1 is 1.19 bits per heavy atom. The lowest BCUT2D eigenvalue weighted by atomic mass is 10.1. The number of pyridine rings is 1. The number of nitrogens with zero attached hydrogens (tertiary/aromatic N) is 1. The molecule has 1 amide bonds. The molecule has 1 saturated carbocycles. The summed E-state index contributed by atoms with van der Waals surface area (Å²) in [6.07, 6.45) is 8.22. The van der Waals surface area contributed by atoms with Gasteiger partial charge in [0.15, 0.2) is 0 Å². The van der Waals surface area contributed by atoms with Crippen molar-refractivity contribution in [3.05, 3.63) is 67.8 Å². The first-order valence-electron chi connectivity index (χ1n) is 9.40. The molecule has 1 N–H and O–H groups in total. The quantitative estimate of drug-likeness (QED) is 0.716. The molecule has 3 rings (SSSR count). The maximum Gasteiger partial charge on any atom is 0.264 e. The Bertz CT molecular complexity index is 869. The first kappa shape index (κ1) is 19.8. The van der Waals surface area contributed by atoms with Gasteiger partial charge in [0.2, 0.25) is 0 Å². The molecule has 6 heteroatoms. The van der Waals surface area contributed by atoms with Crippen LogP contribution < -0.4 is 10.9 Å². The minimum atomic E-state index is -0.328. The predicted octanol–water partition coefficient (Wildman–Crippen LogP) is 4.56. The zero-order valence-electron chi connectivity index (χ0n) is 15.4. The standard InChI is InChI=1S/C21H24BrFN2O2/c1-14-18(22)13-25(12-15-8-10-16(23)11-9-15)21(27)19(14)20(26)24-17-6-4-2-3-5-7-17/h8-11,13,17H,2-7,12H2,1H3,(H,24,26). The number of carbonyl (C=O) groups is 1. The van der Waals surface area contributed by atoms with E-state index in [1.54, 1.807) is 25.3 Å². The van der Waals surface area contributed by atoms with E-state index < -0.39 is 0 Å². The van der Waals surface area contributed by atoms with Crippen molar-refractivity contribution in [3.63, 3.8) is 0 Å². The molecule has 0 bridgehead atoms. The summed E-state index contributed by atoms with van der Waals surface area (Å²) in [5, 5.41) is 3.06. The topological polar surface area (TPSA) is 51.1 Å². The zero-order chi connectivity index (χ0) is 19.4. The summed E-state index contributed by atoms with van der Waals surface area (Å²) in [4.78, 5) is 25.8. The van der Waals surface area contributed by atoms with Crippen LogP contribution in [0, 0.1) is 12.7 Å². The molecule has 144 valence electrons. The summed E-state index contributed by atoms with van der Waals surface area (Å²) >= 11 is 3.46. The maximum atomic E-state index is 13.1. The van der Waals surface area contributed by atoms with Crippen LogP contribution in [-0.4, -0.2) is 16.5 Å². The Balaban J connectivity index is 1.87. The molecule has 4 nitrogen and oxygen atoms in total. The number of halogens is 2. The van der Waals surface area contributed by atoms with Crippen molar-refractivity contribution < 1.29 is 9.18 Å². The van der Waals surface area contributed by atoms with Gasteiger partial charge in [-0.15, -0.1) is 0 Å². The molecule has 1 aromatic heterocycles. The average Bonchev–Trinajstić information content (AvgIpc) is 2.90. The maximum absolute atomic E-state index is 13.1. The Hall–Kier alpha value is -1.95. The molecule has 1 aliphatic carbocycles. The molecule has 2 aromatic rings. The van der Waals surface area contributed by atoms with Gasteiger partial charge in [-0.3, -0.25) is 9.59 Å². The number of aromatic nitrogens is 1. The average molecular weight is 435 g/mol. The summed E-state index contributed by atoms with van der Waals surface area (Å²) < 4.78 is 15.3. The van der Waals surface area contributed by atoms with E-state index in [2.05, 4.69) is 21.2 Å². The van der Waals surface area contributed by atoms with Gasteiger partial charge in [0, 0.05) is 16.7 Å². The van der Waals surface area contributed by atoms with Crippen molar-refractivity contribution in [3.8, 4) is 0 Å². The van der Waals surface area contributed by atoms with Crippen LogP contribution in [0.5, 0.6) is 0 Å². The highest BCUT2D eigenvalue weighted by Gasteiger charge is 2.22. The van der Waals surface area contributed by atoms with Crippen molar-refractivity contribution in [2.75, 3.05) is 0 Å². The number of rotatable bonds is 4. The second-order valence-corrected chi connectivity index (χ2v) is 8.05. The fourth-order valence-electron chi connectivity index (χ4n) is 3.57. The van der Waals surface area contributed by atoms with Gasteiger partial charge in [0.05, 0.1) is 6.54 Å². The van der Waals surface area contributed by atoms with Crippen molar-refractivity contribution in [1.29, 1.82) is 0 Å². The van der Waals surface area contributed by atoms with Gasteiger partial charge in [0.1, 0.15) is 11.4 Å². The smallest absolute Gasteiger partial charge is 0.264 e. The minimum absolute atomic E-state index is 0.128. The summed E-state index contributed by atoms with van der Waals surface area (Å²) in [6, 6.07) is 6.14. The van der Waals surface area contributed by atoms with Crippen LogP contribution in [0.25, 0.3) is 0 Å². The van der Waals surface area contributed by atoms with Gasteiger partial charge in [-0.05, 0) is 59.0 Å². The molecule has 1 aliphatic rings. The lowest BCUT2D eigenvalue weighted by Gasteiger charge is -2.18. The van der Waals surface area contributed by atoms with E-state index in [9.17, 15) is 14.0 Å². The SMILES string of the molecule is Cc1c(Br)cn(Cc2ccc(F)cc2)c(=O)c1C(=O)NC1CCCCCC1.